The SMILES string of the molecule is CCOOC#COCBr. The van der Waals surface area contributed by atoms with Crippen LogP contribution in [0, 0.1) is 12.2 Å². The van der Waals surface area contributed by atoms with Gasteiger partial charge in [0.2, 0.25) is 6.11 Å². The average Bonchev–Trinajstić information content (AvgIpc) is 1.89. The van der Waals surface area contributed by atoms with Gasteiger partial charge in [-0.05, 0) is 22.9 Å². The molecule has 0 aliphatic carbocycles. The van der Waals surface area contributed by atoms with E-state index in [2.05, 4.69) is 42.7 Å². The van der Waals surface area contributed by atoms with Crippen molar-refractivity contribution in [3.05, 3.63) is 0 Å². The molecule has 0 bridgehead atoms. The van der Waals surface area contributed by atoms with Gasteiger partial charge in [0, 0.05) is 0 Å². The minimum Gasteiger partial charge on any atom is -0.433 e. The van der Waals surface area contributed by atoms with Crippen LogP contribution < -0.4 is 0 Å². The third-order valence-corrected chi connectivity index (χ3v) is 0.616. The maximum Gasteiger partial charge on any atom is 0.200 e. The summed E-state index contributed by atoms with van der Waals surface area (Å²) in [6, 6.07) is 0. The van der Waals surface area contributed by atoms with Gasteiger partial charge in [0.25, 0.3) is 0 Å². The standard InChI is InChI=1S/C5H7BrO3/c1-2-8-9-4-3-7-5-6/h2,5H2,1H3. The molecule has 0 amide bonds. The summed E-state index contributed by atoms with van der Waals surface area (Å²) in [5.41, 5.74) is 0.371. The minimum atomic E-state index is 0.371. The highest BCUT2D eigenvalue weighted by Crippen LogP contribution is 1.79. The Morgan fingerprint density at radius 3 is 2.78 bits per heavy atom. The third-order valence-electron chi connectivity index (χ3n) is 0.387. The molecule has 0 atom stereocenters. The van der Waals surface area contributed by atoms with Crippen LogP contribution in [0.15, 0.2) is 0 Å². The smallest absolute Gasteiger partial charge is 0.200 e. The zero-order valence-corrected chi connectivity index (χ0v) is 6.60. The molecule has 4 heteroatoms. The molecule has 3 nitrogen and oxygen atoms in total. The van der Waals surface area contributed by atoms with Gasteiger partial charge >= 0.3 is 0 Å². The highest BCUT2D eigenvalue weighted by Gasteiger charge is 1.73. The molecule has 0 N–H and O–H groups in total. The van der Waals surface area contributed by atoms with Gasteiger partial charge < -0.3 is 4.74 Å². The Hall–Kier alpha value is -0.400. The van der Waals surface area contributed by atoms with Gasteiger partial charge in [-0.2, -0.15) is 4.89 Å². The van der Waals surface area contributed by atoms with Crippen molar-refractivity contribution in [2.75, 3.05) is 12.1 Å². The molecule has 0 aliphatic rings. The maximum absolute atomic E-state index is 4.53. The molecule has 0 saturated carbocycles. The lowest BCUT2D eigenvalue weighted by Gasteiger charge is -1.88. The molecule has 0 rings (SSSR count). The molecule has 0 aliphatic heterocycles. The van der Waals surface area contributed by atoms with Crippen molar-refractivity contribution in [3.63, 3.8) is 0 Å². The van der Waals surface area contributed by atoms with Crippen LogP contribution in [0.2, 0.25) is 0 Å². The van der Waals surface area contributed by atoms with Crippen LogP contribution in [0.25, 0.3) is 0 Å². The van der Waals surface area contributed by atoms with Crippen molar-refractivity contribution in [1.82, 2.24) is 0 Å². The van der Waals surface area contributed by atoms with Crippen LogP contribution in [0.3, 0.4) is 0 Å². The zero-order chi connectivity index (χ0) is 6.95. The summed E-state index contributed by atoms with van der Waals surface area (Å²) >= 11 is 3.00. The second-order valence-corrected chi connectivity index (χ2v) is 1.41. The Kier molecular flexibility index (Phi) is 7.26. The lowest BCUT2D eigenvalue weighted by Crippen LogP contribution is -1.85. The fraction of sp³-hybridized carbons (Fsp3) is 0.600. The van der Waals surface area contributed by atoms with Crippen molar-refractivity contribution >= 4 is 15.9 Å². The number of ether oxygens (including phenoxy) is 1. The van der Waals surface area contributed by atoms with E-state index in [1.54, 1.807) is 6.92 Å². The van der Waals surface area contributed by atoms with Gasteiger partial charge in [0.15, 0.2) is 11.6 Å². The van der Waals surface area contributed by atoms with E-state index in [4.69, 9.17) is 0 Å². The highest BCUT2D eigenvalue weighted by atomic mass is 79.9. The fourth-order valence-electron chi connectivity index (χ4n) is 0.162. The molecule has 0 aromatic heterocycles. The predicted molar refractivity (Wildman–Crippen MR) is 35.4 cm³/mol. The first-order valence-electron chi connectivity index (χ1n) is 2.38. The van der Waals surface area contributed by atoms with Crippen LogP contribution in [0.4, 0.5) is 0 Å². The van der Waals surface area contributed by atoms with Gasteiger partial charge in [-0.1, -0.05) is 0 Å². The number of alkyl halides is 1. The summed E-state index contributed by atoms with van der Waals surface area (Å²) in [5.74, 6) is 0. The molecule has 0 spiro atoms. The quantitative estimate of drug-likeness (QED) is 0.223. The summed E-state index contributed by atoms with van der Waals surface area (Å²) in [5, 5.41) is 0. The molecule has 52 valence electrons. The summed E-state index contributed by atoms with van der Waals surface area (Å²) in [7, 11) is 0. The van der Waals surface area contributed by atoms with Crippen LogP contribution in [-0.4, -0.2) is 12.1 Å². The Morgan fingerprint density at radius 2 is 2.22 bits per heavy atom. The van der Waals surface area contributed by atoms with Crippen molar-refractivity contribution in [1.29, 1.82) is 0 Å². The first-order valence-corrected chi connectivity index (χ1v) is 3.50. The molecule has 9 heavy (non-hydrogen) atoms. The largest absolute Gasteiger partial charge is 0.433 e. The van der Waals surface area contributed by atoms with Crippen molar-refractivity contribution < 1.29 is 14.5 Å². The maximum atomic E-state index is 4.53. The Balaban J connectivity index is 2.96. The molecule has 0 aromatic rings. The van der Waals surface area contributed by atoms with Gasteiger partial charge in [0.05, 0.1) is 6.61 Å². The van der Waals surface area contributed by atoms with E-state index < -0.39 is 0 Å². The monoisotopic (exact) mass is 194 g/mol. The van der Waals surface area contributed by atoms with E-state index in [1.807, 2.05) is 0 Å². The Bertz CT molecular complexity index is 105. The predicted octanol–water partition coefficient (Wildman–Crippen LogP) is 1.24. The Labute approximate surface area is 62.3 Å². The van der Waals surface area contributed by atoms with Crippen molar-refractivity contribution in [2.45, 2.75) is 6.92 Å². The topological polar surface area (TPSA) is 27.7 Å². The van der Waals surface area contributed by atoms with E-state index >= 15 is 0 Å². The molecular formula is C5H7BrO3. The zero-order valence-electron chi connectivity index (χ0n) is 5.02. The van der Waals surface area contributed by atoms with Crippen molar-refractivity contribution in [3.8, 4) is 12.2 Å². The molecular weight excluding hydrogens is 188 g/mol. The van der Waals surface area contributed by atoms with E-state index in [1.165, 1.54) is 0 Å². The number of hydrogen-bond acceptors (Lipinski definition) is 3. The van der Waals surface area contributed by atoms with Crippen LogP contribution in [0.1, 0.15) is 6.92 Å². The summed E-state index contributed by atoms with van der Waals surface area (Å²) < 4.78 is 4.53. The van der Waals surface area contributed by atoms with E-state index in [9.17, 15) is 0 Å². The molecule has 0 heterocycles. The fourth-order valence-corrected chi connectivity index (χ4v) is 0.277. The van der Waals surface area contributed by atoms with Gasteiger partial charge in [0.1, 0.15) is 0 Å². The van der Waals surface area contributed by atoms with Crippen molar-refractivity contribution in [2.24, 2.45) is 0 Å². The second-order valence-electron chi connectivity index (χ2n) is 0.947. The molecule has 0 saturated heterocycles. The molecule has 0 aromatic carbocycles. The third kappa shape index (κ3) is 7.60. The number of hydrogen-bond donors (Lipinski definition) is 0. The first kappa shape index (κ1) is 8.60. The van der Waals surface area contributed by atoms with Crippen LogP contribution in [0.5, 0.6) is 0 Å². The van der Waals surface area contributed by atoms with E-state index in [-0.39, 0.29) is 0 Å². The van der Waals surface area contributed by atoms with Gasteiger partial charge in [-0.3, -0.25) is 4.89 Å². The second kappa shape index (κ2) is 7.60. The summed E-state index contributed by atoms with van der Waals surface area (Å²) in [6.45, 7) is 2.27. The molecule has 0 radical (unpaired) electrons. The van der Waals surface area contributed by atoms with Crippen LogP contribution in [-0.2, 0) is 14.5 Å². The lowest BCUT2D eigenvalue weighted by molar-refractivity contribution is -0.232. The molecule has 0 fully saturated rings. The molecule has 0 unspecified atom stereocenters. The van der Waals surface area contributed by atoms with E-state index in [0.29, 0.717) is 12.1 Å². The summed E-state index contributed by atoms with van der Waals surface area (Å²) in [6.07, 6.45) is 4.39. The number of halogens is 1. The number of rotatable bonds is 3. The normalized spacial score (nSPS) is 7.33. The van der Waals surface area contributed by atoms with Crippen LogP contribution >= 0.6 is 15.9 Å². The van der Waals surface area contributed by atoms with Gasteiger partial charge in [-0.25, -0.2) is 0 Å². The highest BCUT2D eigenvalue weighted by molar-refractivity contribution is 9.09. The first-order chi connectivity index (χ1) is 4.41. The minimum absolute atomic E-state index is 0.371. The summed E-state index contributed by atoms with van der Waals surface area (Å²) in [4.78, 5) is 8.69. The Morgan fingerprint density at radius 1 is 1.44 bits per heavy atom. The van der Waals surface area contributed by atoms with Gasteiger partial charge in [-0.15, -0.1) is 0 Å². The average molecular weight is 195 g/mol. The van der Waals surface area contributed by atoms with E-state index in [0.717, 1.165) is 0 Å². The lowest BCUT2D eigenvalue weighted by atomic mass is 10.9.